The molecule has 0 spiro atoms. The van der Waals surface area contributed by atoms with Gasteiger partial charge in [-0.05, 0) is 36.3 Å². The molecule has 0 saturated carbocycles. The van der Waals surface area contributed by atoms with Crippen molar-refractivity contribution in [1.29, 1.82) is 0 Å². The number of halogens is 3. The summed E-state index contributed by atoms with van der Waals surface area (Å²) < 4.78 is 31.7. The van der Waals surface area contributed by atoms with Crippen LogP contribution < -0.4 is 5.32 Å². The van der Waals surface area contributed by atoms with Gasteiger partial charge in [0, 0.05) is 18.2 Å². The Morgan fingerprint density at radius 3 is 2.54 bits per heavy atom. The van der Waals surface area contributed by atoms with Crippen LogP contribution in [-0.4, -0.2) is 25.0 Å². The monoisotopic (exact) mass is 379 g/mol. The molecule has 2 rings (SSSR count). The maximum Gasteiger partial charge on any atom is 0.331 e. The number of ether oxygens (including phenoxy) is 1. The highest BCUT2D eigenvalue weighted by atomic mass is 35.5. The Morgan fingerprint density at radius 1 is 1.08 bits per heavy atom. The van der Waals surface area contributed by atoms with Crippen molar-refractivity contribution in [2.75, 3.05) is 13.2 Å². The number of carbonyl (C=O) groups excluding carboxylic acids is 2. The summed E-state index contributed by atoms with van der Waals surface area (Å²) in [5.41, 5.74) is 0.537. The zero-order valence-corrected chi connectivity index (χ0v) is 14.4. The molecule has 0 heterocycles. The summed E-state index contributed by atoms with van der Waals surface area (Å²) in [6, 6.07) is 10.4. The number of amides is 1. The van der Waals surface area contributed by atoms with Gasteiger partial charge < -0.3 is 10.1 Å². The van der Waals surface area contributed by atoms with E-state index in [0.717, 1.165) is 6.08 Å². The van der Waals surface area contributed by atoms with Crippen LogP contribution in [0.5, 0.6) is 0 Å². The Hall–Kier alpha value is -2.73. The molecule has 1 amide bonds. The maximum atomic E-state index is 13.5. The lowest BCUT2D eigenvalue weighted by molar-refractivity contribution is -0.143. The molecule has 26 heavy (non-hydrogen) atoms. The van der Waals surface area contributed by atoms with Gasteiger partial charge in [0.2, 0.25) is 0 Å². The summed E-state index contributed by atoms with van der Waals surface area (Å²) in [6.07, 6.45) is 2.48. The van der Waals surface area contributed by atoms with Crippen molar-refractivity contribution < 1.29 is 23.1 Å². The molecule has 1 N–H and O–H groups in total. The van der Waals surface area contributed by atoms with Crippen LogP contribution in [0.15, 0.2) is 48.5 Å². The van der Waals surface area contributed by atoms with Gasteiger partial charge in [0.1, 0.15) is 11.6 Å². The molecular weight excluding hydrogens is 364 g/mol. The number of hydrogen-bond donors (Lipinski definition) is 1. The minimum absolute atomic E-state index is 0.0560. The zero-order valence-electron chi connectivity index (χ0n) is 13.7. The third-order valence-corrected chi connectivity index (χ3v) is 3.74. The Labute approximate surface area is 154 Å². The van der Waals surface area contributed by atoms with Gasteiger partial charge in [-0.2, -0.15) is 0 Å². The Morgan fingerprint density at radius 2 is 1.81 bits per heavy atom. The summed E-state index contributed by atoms with van der Waals surface area (Å²) in [5, 5.41) is 2.67. The van der Waals surface area contributed by atoms with Gasteiger partial charge in [-0.15, -0.1) is 0 Å². The van der Waals surface area contributed by atoms with E-state index in [1.807, 2.05) is 0 Å². The third kappa shape index (κ3) is 5.97. The van der Waals surface area contributed by atoms with E-state index < -0.39 is 24.3 Å². The quantitative estimate of drug-likeness (QED) is 0.591. The average Bonchev–Trinajstić information content (AvgIpc) is 2.61. The predicted molar refractivity (Wildman–Crippen MR) is 94.5 cm³/mol. The zero-order chi connectivity index (χ0) is 18.9. The molecule has 0 radical (unpaired) electrons. The fraction of sp³-hybridized carbons (Fsp3) is 0.158. The van der Waals surface area contributed by atoms with Gasteiger partial charge in [0.25, 0.3) is 5.91 Å². The maximum absolute atomic E-state index is 13.5. The lowest BCUT2D eigenvalue weighted by atomic mass is 10.1. The molecule has 2 aromatic rings. The molecule has 7 heteroatoms. The minimum atomic E-state index is -0.812. The highest BCUT2D eigenvalue weighted by molar-refractivity contribution is 6.32. The van der Waals surface area contributed by atoms with Gasteiger partial charge in [-0.1, -0.05) is 35.9 Å². The molecule has 0 bridgehead atoms. The Kier molecular flexibility index (Phi) is 7.29. The lowest BCUT2D eigenvalue weighted by Gasteiger charge is -2.06. The topological polar surface area (TPSA) is 55.4 Å². The standard InChI is InChI=1S/C19H16ClF2NO3/c20-15-5-3-7-17(22)14(15)8-9-19(25)26-12-18(24)23-11-10-13-4-1-2-6-16(13)21/h1-9H,10-12H2,(H,23,24)/b9-8+. The van der Waals surface area contributed by atoms with Gasteiger partial charge >= 0.3 is 5.97 Å². The molecule has 0 saturated heterocycles. The minimum Gasteiger partial charge on any atom is -0.452 e. The van der Waals surface area contributed by atoms with Crippen molar-refractivity contribution in [2.24, 2.45) is 0 Å². The first kappa shape index (κ1) is 19.6. The van der Waals surface area contributed by atoms with E-state index in [1.165, 1.54) is 30.3 Å². The summed E-state index contributed by atoms with van der Waals surface area (Å²) in [7, 11) is 0. The van der Waals surface area contributed by atoms with Crippen molar-refractivity contribution in [1.82, 2.24) is 5.32 Å². The molecule has 4 nitrogen and oxygen atoms in total. The summed E-state index contributed by atoms with van der Waals surface area (Å²) >= 11 is 5.83. The van der Waals surface area contributed by atoms with Crippen molar-refractivity contribution in [3.63, 3.8) is 0 Å². The second kappa shape index (κ2) is 9.68. The van der Waals surface area contributed by atoms with E-state index in [0.29, 0.717) is 12.0 Å². The van der Waals surface area contributed by atoms with Gasteiger partial charge in [0.15, 0.2) is 6.61 Å². The molecule has 0 fully saturated rings. The Bertz CT molecular complexity index is 804. The summed E-state index contributed by atoms with van der Waals surface area (Å²) in [4.78, 5) is 23.2. The van der Waals surface area contributed by atoms with Crippen molar-refractivity contribution >= 4 is 29.6 Å². The van der Waals surface area contributed by atoms with Gasteiger partial charge in [-0.25, -0.2) is 13.6 Å². The first-order valence-electron chi connectivity index (χ1n) is 7.76. The summed E-state index contributed by atoms with van der Waals surface area (Å²) in [6.45, 7) is -0.288. The first-order valence-corrected chi connectivity index (χ1v) is 8.14. The van der Waals surface area contributed by atoms with Gasteiger partial charge in [-0.3, -0.25) is 4.79 Å². The van der Waals surface area contributed by atoms with Crippen LogP contribution in [-0.2, 0) is 20.7 Å². The highest BCUT2D eigenvalue weighted by Gasteiger charge is 2.07. The number of hydrogen-bond acceptors (Lipinski definition) is 3. The SMILES string of the molecule is O=C(COC(=O)/C=C/c1c(F)cccc1Cl)NCCc1ccccc1F. The second-order valence-corrected chi connectivity index (χ2v) is 5.67. The fourth-order valence-corrected chi connectivity index (χ4v) is 2.32. The number of benzene rings is 2. The van der Waals surface area contributed by atoms with E-state index in [2.05, 4.69) is 5.32 Å². The fourth-order valence-electron chi connectivity index (χ4n) is 2.09. The molecule has 136 valence electrons. The summed E-state index contributed by atoms with van der Waals surface area (Å²) in [5.74, 6) is -2.25. The number of nitrogens with one attached hydrogen (secondary N) is 1. The van der Waals surface area contributed by atoms with Crippen molar-refractivity contribution in [3.8, 4) is 0 Å². The van der Waals surface area contributed by atoms with E-state index in [1.54, 1.807) is 18.2 Å². The van der Waals surface area contributed by atoms with E-state index in [4.69, 9.17) is 16.3 Å². The number of rotatable bonds is 7. The van der Waals surface area contributed by atoms with Crippen LogP contribution in [0, 0.1) is 11.6 Å². The van der Waals surface area contributed by atoms with Crippen molar-refractivity contribution in [3.05, 3.63) is 76.3 Å². The van der Waals surface area contributed by atoms with E-state index in [9.17, 15) is 18.4 Å². The van der Waals surface area contributed by atoms with Crippen LogP contribution in [0.25, 0.3) is 6.08 Å². The highest BCUT2D eigenvalue weighted by Crippen LogP contribution is 2.20. The second-order valence-electron chi connectivity index (χ2n) is 5.27. The smallest absolute Gasteiger partial charge is 0.331 e. The van der Waals surface area contributed by atoms with E-state index in [-0.39, 0.29) is 22.9 Å². The van der Waals surface area contributed by atoms with E-state index >= 15 is 0 Å². The van der Waals surface area contributed by atoms with Gasteiger partial charge in [0.05, 0.1) is 5.02 Å². The van der Waals surface area contributed by atoms with Crippen LogP contribution in [0.3, 0.4) is 0 Å². The molecule has 0 aliphatic heterocycles. The molecule has 0 aromatic heterocycles. The number of carbonyl (C=O) groups is 2. The van der Waals surface area contributed by atoms with Crippen LogP contribution in [0.4, 0.5) is 8.78 Å². The average molecular weight is 380 g/mol. The normalized spacial score (nSPS) is 10.7. The molecule has 0 aliphatic carbocycles. The molecular formula is C19H16ClF2NO3. The molecule has 0 atom stereocenters. The molecule has 0 aliphatic rings. The van der Waals surface area contributed by atoms with Crippen LogP contribution in [0.2, 0.25) is 5.02 Å². The van der Waals surface area contributed by atoms with Crippen LogP contribution >= 0.6 is 11.6 Å². The first-order chi connectivity index (χ1) is 12.5. The van der Waals surface area contributed by atoms with Crippen LogP contribution in [0.1, 0.15) is 11.1 Å². The third-order valence-electron chi connectivity index (χ3n) is 3.41. The Balaban J connectivity index is 1.74. The largest absolute Gasteiger partial charge is 0.452 e. The lowest BCUT2D eigenvalue weighted by Crippen LogP contribution is -2.30. The van der Waals surface area contributed by atoms with Crippen molar-refractivity contribution in [2.45, 2.75) is 6.42 Å². The molecule has 2 aromatic carbocycles. The predicted octanol–water partition coefficient (Wildman–Crippen LogP) is 3.53. The number of esters is 1. The molecule has 0 unspecified atom stereocenters.